The van der Waals surface area contributed by atoms with Crippen LogP contribution in [0.2, 0.25) is 0 Å². The van der Waals surface area contributed by atoms with Crippen molar-refractivity contribution >= 4 is 11.0 Å². The third-order valence-electron chi connectivity index (χ3n) is 2.72. The van der Waals surface area contributed by atoms with Gasteiger partial charge in [0.25, 0.3) is 0 Å². The Morgan fingerprint density at radius 1 is 1.28 bits per heavy atom. The number of halogens is 1. The molecule has 1 N–H and O–H groups in total. The van der Waals surface area contributed by atoms with Crippen molar-refractivity contribution in [3.05, 3.63) is 42.5 Å². The van der Waals surface area contributed by atoms with E-state index < -0.39 is 0 Å². The second-order valence-corrected chi connectivity index (χ2v) is 3.82. The van der Waals surface area contributed by atoms with E-state index in [-0.39, 0.29) is 5.82 Å². The zero-order chi connectivity index (χ0) is 12.5. The fourth-order valence-electron chi connectivity index (χ4n) is 1.80. The van der Waals surface area contributed by atoms with Gasteiger partial charge in [-0.25, -0.2) is 9.37 Å². The molecular weight excluding hydrogens is 233 g/mol. The highest BCUT2D eigenvalue weighted by molar-refractivity contribution is 5.78. The number of fused-ring (bicyclic) bond motifs is 1. The summed E-state index contributed by atoms with van der Waals surface area (Å²) in [5.74, 6) is 0.591. The van der Waals surface area contributed by atoms with Crippen molar-refractivity contribution in [3.8, 4) is 17.1 Å². The number of rotatable bonds is 2. The van der Waals surface area contributed by atoms with Crippen LogP contribution in [0.4, 0.5) is 4.39 Å². The molecule has 0 saturated carbocycles. The molecule has 90 valence electrons. The Hall–Kier alpha value is -2.43. The Labute approximate surface area is 102 Å². The average molecular weight is 243 g/mol. The van der Waals surface area contributed by atoms with Crippen LogP contribution in [0.3, 0.4) is 0 Å². The van der Waals surface area contributed by atoms with E-state index >= 15 is 0 Å². The molecule has 5 heteroatoms. The molecule has 0 spiro atoms. The number of hydrogen-bond donors (Lipinski definition) is 1. The number of hydrogen-bond acceptors (Lipinski definition) is 3. The lowest BCUT2D eigenvalue weighted by Crippen LogP contribution is -1.89. The molecule has 0 aliphatic rings. The number of nitrogens with zero attached hydrogens (tertiary/aromatic N) is 2. The second kappa shape index (κ2) is 4.10. The maximum atomic E-state index is 13.9. The zero-order valence-corrected chi connectivity index (χ0v) is 9.64. The normalized spacial score (nSPS) is 10.8. The van der Waals surface area contributed by atoms with Gasteiger partial charge in [0, 0.05) is 12.3 Å². The van der Waals surface area contributed by atoms with E-state index in [0.29, 0.717) is 22.7 Å². The molecule has 3 aromatic rings. The van der Waals surface area contributed by atoms with Crippen LogP contribution >= 0.6 is 0 Å². The van der Waals surface area contributed by atoms with Crippen molar-refractivity contribution in [2.45, 2.75) is 0 Å². The molecule has 0 bridgehead atoms. The second-order valence-electron chi connectivity index (χ2n) is 3.82. The van der Waals surface area contributed by atoms with Crippen molar-refractivity contribution in [1.29, 1.82) is 0 Å². The van der Waals surface area contributed by atoms with Crippen LogP contribution in [0, 0.1) is 5.82 Å². The third kappa shape index (κ3) is 1.69. The van der Waals surface area contributed by atoms with Gasteiger partial charge in [0.15, 0.2) is 0 Å². The van der Waals surface area contributed by atoms with Crippen LogP contribution in [0.1, 0.15) is 0 Å². The summed E-state index contributed by atoms with van der Waals surface area (Å²) in [4.78, 5) is 11.3. The molecule has 0 amide bonds. The number of pyridine rings is 1. The molecule has 2 aromatic heterocycles. The van der Waals surface area contributed by atoms with Crippen LogP contribution in [0.5, 0.6) is 5.75 Å². The van der Waals surface area contributed by atoms with Gasteiger partial charge in [-0.05, 0) is 18.2 Å². The third-order valence-corrected chi connectivity index (χ3v) is 2.72. The van der Waals surface area contributed by atoms with E-state index in [4.69, 9.17) is 4.74 Å². The molecule has 0 fully saturated rings. The van der Waals surface area contributed by atoms with E-state index in [1.54, 1.807) is 30.6 Å². The number of aromatic nitrogens is 3. The van der Waals surface area contributed by atoms with Gasteiger partial charge < -0.3 is 9.72 Å². The Kier molecular flexibility index (Phi) is 2.44. The minimum Gasteiger partial charge on any atom is -0.497 e. The predicted octanol–water partition coefficient (Wildman–Crippen LogP) is 2.77. The Bertz CT molecular complexity index is 675. The summed E-state index contributed by atoms with van der Waals surface area (Å²) in [7, 11) is 1.50. The first-order valence-electron chi connectivity index (χ1n) is 5.41. The fourth-order valence-corrected chi connectivity index (χ4v) is 1.80. The number of imidazole rings is 1. The van der Waals surface area contributed by atoms with E-state index in [1.165, 1.54) is 13.2 Å². The van der Waals surface area contributed by atoms with Gasteiger partial charge in [0.2, 0.25) is 0 Å². The maximum Gasteiger partial charge on any atom is 0.141 e. The summed E-state index contributed by atoms with van der Waals surface area (Å²) in [6.45, 7) is 0. The zero-order valence-electron chi connectivity index (χ0n) is 9.64. The average Bonchev–Trinajstić information content (AvgIpc) is 2.81. The molecule has 0 saturated heterocycles. The first kappa shape index (κ1) is 10.7. The largest absolute Gasteiger partial charge is 0.497 e. The van der Waals surface area contributed by atoms with Crippen LogP contribution in [-0.4, -0.2) is 22.1 Å². The van der Waals surface area contributed by atoms with Crippen molar-refractivity contribution in [2.24, 2.45) is 0 Å². The molecule has 4 nitrogen and oxygen atoms in total. The highest BCUT2D eigenvalue weighted by Crippen LogP contribution is 2.25. The van der Waals surface area contributed by atoms with Gasteiger partial charge in [-0.1, -0.05) is 0 Å². The molecule has 0 unspecified atom stereocenters. The summed E-state index contributed by atoms with van der Waals surface area (Å²) in [6.07, 6.45) is 3.30. The lowest BCUT2D eigenvalue weighted by atomic mass is 10.2. The fraction of sp³-hybridized carbons (Fsp3) is 0.0769. The lowest BCUT2D eigenvalue weighted by Gasteiger charge is -2.02. The van der Waals surface area contributed by atoms with Gasteiger partial charge in [0.05, 0.1) is 24.4 Å². The molecule has 0 radical (unpaired) electrons. The SMILES string of the molecule is COc1ccc(-c2nc3cnccc3[nH]2)c(F)c1. The van der Waals surface area contributed by atoms with Gasteiger partial charge in [-0.3, -0.25) is 4.98 Å². The minimum atomic E-state index is -0.374. The van der Waals surface area contributed by atoms with E-state index in [9.17, 15) is 4.39 Å². The smallest absolute Gasteiger partial charge is 0.141 e. The number of nitrogens with one attached hydrogen (secondary N) is 1. The van der Waals surface area contributed by atoms with Crippen molar-refractivity contribution in [3.63, 3.8) is 0 Å². The first-order chi connectivity index (χ1) is 8.78. The summed E-state index contributed by atoms with van der Waals surface area (Å²) in [6, 6.07) is 6.47. The van der Waals surface area contributed by atoms with Crippen molar-refractivity contribution in [1.82, 2.24) is 15.0 Å². The van der Waals surface area contributed by atoms with Crippen LogP contribution in [-0.2, 0) is 0 Å². The van der Waals surface area contributed by atoms with E-state index in [2.05, 4.69) is 15.0 Å². The van der Waals surface area contributed by atoms with Gasteiger partial charge in [0.1, 0.15) is 22.9 Å². The highest BCUT2D eigenvalue weighted by atomic mass is 19.1. The van der Waals surface area contributed by atoms with Crippen molar-refractivity contribution < 1.29 is 9.13 Å². The Morgan fingerprint density at radius 3 is 2.89 bits per heavy atom. The van der Waals surface area contributed by atoms with Gasteiger partial charge in [-0.15, -0.1) is 0 Å². The molecule has 2 heterocycles. The van der Waals surface area contributed by atoms with Gasteiger partial charge >= 0.3 is 0 Å². The van der Waals surface area contributed by atoms with E-state index in [0.717, 1.165) is 5.52 Å². The highest BCUT2D eigenvalue weighted by Gasteiger charge is 2.10. The Morgan fingerprint density at radius 2 is 2.17 bits per heavy atom. The summed E-state index contributed by atoms with van der Waals surface area (Å²) in [5.41, 5.74) is 1.95. The number of methoxy groups -OCH3 is 1. The maximum absolute atomic E-state index is 13.9. The number of H-pyrrole nitrogens is 1. The first-order valence-corrected chi connectivity index (χ1v) is 5.41. The summed E-state index contributed by atoms with van der Waals surface area (Å²) < 4.78 is 18.9. The lowest BCUT2D eigenvalue weighted by molar-refractivity contribution is 0.411. The Balaban J connectivity index is 2.14. The molecule has 3 rings (SSSR count). The summed E-state index contributed by atoms with van der Waals surface area (Å²) >= 11 is 0. The number of benzene rings is 1. The van der Waals surface area contributed by atoms with Crippen LogP contribution in [0.25, 0.3) is 22.4 Å². The standard InChI is InChI=1S/C13H10FN3O/c1-18-8-2-3-9(10(14)6-8)13-16-11-4-5-15-7-12(11)17-13/h2-7H,1H3,(H,16,17). The molecule has 0 atom stereocenters. The monoisotopic (exact) mass is 243 g/mol. The van der Waals surface area contributed by atoms with Crippen LogP contribution < -0.4 is 4.74 Å². The molecule has 0 aliphatic carbocycles. The molecule has 1 aromatic carbocycles. The minimum absolute atomic E-state index is 0.374. The molecule has 18 heavy (non-hydrogen) atoms. The van der Waals surface area contributed by atoms with E-state index in [1.807, 2.05) is 0 Å². The van der Waals surface area contributed by atoms with Crippen LogP contribution in [0.15, 0.2) is 36.7 Å². The van der Waals surface area contributed by atoms with Crippen molar-refractivity contribution in [2.75, 3.05) is 7.11 Å². The topological polar surface area (TPSA) is 50.8 Å². The molecule has 0 aliphatic heterocycles. The summed E-state index contributed by atoms with van der Waals surface area (Å²) in [5, 5.41) is 0. The quantitative estimate of drug-likeness (QED) is 0.753. The number of ether oxygens (including phenoxy) is 1. The number of aromatic amines is 1. The van der Waals surface area contributed by atoms with Gasteiger partial charge in [-0.2, -0.15) is 0 Å². The molecular formula is C13H10FN3O. The predicted molar refractivity (Wildman–Crippen MR) is 65.8 cm³/mol.